The van der Waals surface area contributed by atoms with Crippen molar-refractivity contribution in [2.24, 2.45) is 0 Å². The fraction of sp³-hybridized carbons (Fsp3) is 0.250. The van der Waals surface area contributed by atoms with Crippen molar-refractivity contribution >= 4 is 34.2 Å². The normalized spacial score (nSPS) is 9.93. The lowest BCUT2D eigenvalue weighted by atomic mass is 10.2. The van der Waals surface area contributed by atoms with Gasteiger partial charge in [-0.05, 0) is 28.7 Å². The van der Waals surface area contributed by atoms with E-state index in [9.17, 15) is 9.59 Å². The molecule has 2 N–H and O–H groups in total. The molecule has 5 nitrogen and oxygen atoms in total. The van der Waals surface area contributed by atoms with Crippen LogP contribution in [0.15, 0.2) is 10.9 Å². The van der Waals surface area contributed by atoms with Gasteiger partial charge in [-0.2, -0.15) is 0 Å². The quantitative estimate of drug-likeness (QED) is 0.624. The molecule has 0 radical (unpaired) electrons. The van der Waals surface area contributed by atoms with Crippen LogP contribution in [0.1, 0.15) is 10.4 Å². The smallest absolute Gasteiger partial charge is 0.338 e. The highest BCUT2D eigenvalue weighted by Gasteiger charge is 2.13. The van der Waals surface area contributed by atoms with Crippen molar-refractivity contribution in [3.8, 4) is 0 Å². The largest absolute Gasteiger partial charge is 0.478 e. The number of aromatic amines is 1. The predicted octanol–water partition coefficient (Wildman–Crippen LogP) is 0.744. The van der Waals surface area contributed by atoms with E-state index in [-0.39, 0.29) is 11.1 Å². The molecule has 1 rings (SSSR count). The Morgan fingerprint density at radius 2 is 2.14 bits per heavy atom. The maximum absolute atomic E-state index is 11.4. The van der Waals surface area contributed by atoms with Gasteiger partial charge in [-0.15, -0.1) is 0 Å². The molecule has 0 atom stereocenters. The van der Waals surface area contributed by atoms with Crippen LogP contribution in [0, 0.1) is 3.70 Å². The van der Waals surface area contributed by atoms with Gasteiger partial charge in [-0.25, -0.2) is 4.79 Å². The maximum Gasteiger partial charge on any atom is 0.338 e. The molecule has 1 heterocycles. The molecule has 6 heteroatoms. The van der Waals surface area contributed by atoms with Crippen molar-refractivity contribution in [2.75, 3.05) is 19.0 Å². The number of H-pyrrole nitrogens is 1. The SMILES string of the molecule is CN(C)c1cc(C(=O)O)c(I)[nH]c1=O. The number of hydrogen-bond acceptors (Lipinski definition) is 3. The Balaban J connectivity index is 3.42. The van der Waals surface area contributed by atoms with Crippen LogP contribution >= 0.6 is 22.6 Å². The van der Waals surface area contributed by atoms with Gasteiger partial charge in [0.1, 0.15) is 5.69 Å². The van der Waals surface area contributed by atoms with E-state index in [1.165, 1.54) is 6.07 Å². The van der Waals surface area contributed by atoms with Crippen molar-refractivity contribution in [3.05, 3.63) is 25.7 Å². The van der Waals surface area contributed by atoms with E-state index >= 15 is 0 Å². The number of anilines is 1. The van der Waals surface area contributed by atoms with Crippen LogP contribution in [0.4, 0.5) is 5.69 Å². The summed E-state index contributed by atoms with van der Waals surface area (Å²) in [6, 6.07) is 1.36. The van der Waals surface area contributed by atoms with E-state index in [1.807, 2.05) is 0 Å². The zero-order valence-corrected chi connectivity index (χ0v) is 9.82. The van der Waals surface area contributed by atoms with Gasteiger partial charge < -0.3 is 15.0 Å². The highest BCUT2D eigenvalue weighted by molar-refractivity contribution is 14.1. The molecule has 0 saturated carbocycles. The molecule has 0 amide bonds. The minimum atomic E-state index is -1.05. The number of carbonyl (C=O) groups is 1. The second kappa shape index (κ2) is 3.99. The molecule has 0 spiro atoms. The number of halogens is 1. The summed E-state index contributed by atoms with van der Waals surface area (Å²) in [5, 5.41) is 8.82. The molecular formula is C8H9IN2O3. The third kappa shape index (κ3) is 2.06. The van der Waals surface area contributed by atoms with E-state index in [0.717, 1.165) is 0 Å². The second-order valence-electron chi connectivity index (χ2n) is 2.91. The highest BCUT2D eigenvalue weighted by atomic mass is 127. The minimum Gasteiger partial charge on any atom is -0.478 e. The van der Waals surface area contributed by atoms with Gasteiger partial charge in [0.2, 0.25) is 0 Å². The van der Waals surface area contributed by atoms with Gasteiger partial charge in [0, 0.05) is 14.1 Å². The third-order valence-corrected chi connectivity index (χ3v) is 2.54. The Labute approximate surface area is 93.9 Å². The summed E-state index contributed by atoms with van der Waals surface area (Å²) in [6.07, 6.45) is 0. The second-order valence-corrected chi connectivity index (χ2v) is 3.99. The van der Waals surface area contributed by atoms with Crippen LogP contribution in [0.3, 0.4) is 0 Å². The summed E-state index contributed by atoms with van der Waals surface area (Å²) >= 11 is 1.79. The van der Waals surface area contributed by atoms with Gasteiger partial charge in [0.15, 0.2) is 0 Å². The zero-order chi connectivity index (χ0) is 10.9. The Morgan fingerprint density at radius 3 is 2.57 bits per heavy atom. The minimum absolute atomic E-state index is 0.105. The Bertz CT molecular complexity index is 425. The molecule has 0 bridgehead atoms. The molecule has 14 heavy (non-hydrogen) atoms. The number of pyridine rings is 1. The van der Waals surface area contributed by atoms with Crippen LogP contribution in [0.5, 0.6) is 0 Å². The Morgan fingerprint density at radius 1 is 1.57 bits per heavy atom. The number of hydrogen-bond donors (Lipinski definition) is 2. The number of carboxylic acids is 1. The average molecular weight is 308 g/mol. The van der Waals surface area contributed by atoms with Crippen molar-refractivity contribution in [2.45, 2.75) is 0 Å². The standard InChI is InChI=1S/C8H9IN2O3/c1-11(2)5-3-4(8(13)14)6(9)10-7(5)12/h3H,1-2H3,(H,10,12)(H,13,14). The van der Waals surface area contributed by atoms with Gasteiger partial charge in [-0.3, -0.25) is 4.79 Å². The van der Waals surface area contributed by atoms with Gasteiger partial charge in [-0.1, -0.05) is 0 Å². The molecule has 76 valence electrons. The predicted molar refractivity (Wildman–Crippen MR) is 61.1 cm³/mol. The summed E-state index contributed by atoms with van der Waals surface area (Å²) in [4.78, 5) is 26.2. The van der Waals surface area contributed by atoms with Gasteiger partial charge >= 0.3 is 5.97 Å². The number of aromatic nitrogens is 1. The molecule has 0 aromatic carbocycles. The first kappa shape index (κ1) is 11.0. The van der Waals surface area contributed by atoms with Gasteiger partial charge in [0.05, 0.1) is 9.26 Å². The zero-order valence-electron chi connectivity index (χ0n) is 7.67. The monoisotopic (exact) mass is 308 g/mol. The van der Waals surface area contributed by atoms with E-state index in [1.54, 1.807) is 41.6 Å². The van der Waals surface area contributed by atoms with Crippen LogP contribution in [0.2, 0.25) is 0 Å². The molecule has 0 aliphatic rings. The summed E-state index contributed by atoms with van der Waals surface area (Å²) < 4.78 is 0.339. The van der Waals surface area contributed by atoms with Crippen LogP contribution in [-0.2, 0) is 0 Å². The molecule has 0 aliphatic carbocycles. The van der Waals surface area contributed by atoms with Crippen LogP contribution in [-0.4, -0.2) is 30.2 Å². The summed E-state index contributed by atoms with van der Waals surface area (Å²) in [5.74, 6) is -1.05. The first-order chi connectivity index (χ1) is 6.43. The number of nitrogens with zero attached hydrogens (tertiary/aromatic N) is 1. The van der Waals surface area contributed by atoms with E-state index in [0.29, 0.717) is 9.39 Å². The van der Waals surface area contributed by atoms with E-state index in [2.05, 4.69) is 4.98 Å². The summed E-state index contributed by atoms with van der Waals surface area (Å²) in [7, 11) is 3.37. The molecule has 1 aromatic heterocycles. The molecule has 1 aromatic rings. The maximum atomic E-state index is 11.4. The molecular weight excluding hydrogens is 299 g/mol. The molecule has 0 fully saturated rings. The van der Waals surface area contributed by atoms with Crippen molar-refractivity contribution in [1.82, 2.24) is 4.98 Å². The summed E-state index contributed by atoms with van der Waals surface area (Å²) in [5.41, 5.74) is 0.154. The lowest BCUT2D eigenvalue weighted by molar-refractivity contribution is 0.0695. The van der Waals surface area contributed by atoms with E-state index in [4.69, 9.17) is 5.11 Å². The lowest BCUT2D eigenvalue weighted by Gasteiger charge is -2.11. The average Bonchev–Trinajstić information content (AvgIpc) is 2.02. The van der Waals surface area contributed by atoms with Crippen molar-refractivity contribution < 1.29 is 9.90 Å². The number of nitrogens with one attached hydrogen (secondary N) is 1. The molecule has 0 aliphatic heterocycles. The van der Waals surface area contributed by atoms with Crippen LogP contribution < -0.4 is 10.5 Å². The van der Waals surface area contributed by atoms with Crippen molar-refractivity contribution in [1.29, 1.82) is 0 Å². The highest BCUT2D eigenvalue weighted by Crippen LogP contribution is 2.12. The Hall–Kier alpha value is -1.05. The Kier molecular flexibility index (Phi) is 3.14. The number of aromatic carboxylic acids is 1. The first-order valence-corrected chi connectivity index (χ1v) is 4.84. The van der Waals surface area contributed by atoms with Crippen molar-refractivity contribution in [3.63, 3.8) is 0 Å². The lowest BCUT2D eigenvalue weighted by Crippen LogP contribution is -2.23. The molecule has 0 saturated heterocycles. The fourth-order valence-corrected chi connectivity index (χ4v) is 1.62. The summed E-state index contributed by atoms with van der Waals surface area (Å²) in [6.45, 7) is 0. The first-order valence-electron chi connectivity index (χ1n) is 3.77. The van der Waals surface area contributed by atoms with Gasteiger partial charge in [0.25, 0.3) is 5.56 Å². The number of carboxylic acid groups (broad SMARTS) is 1. The topological polar surface area (TPSA) is 73.4 Å². The third-order valence-electron chi connectivity index (χ3n) is 1.69. The number of rotatable bonds is 2. The van der Waals surface area contributed by atoms with E-state index < -0.39 is 5.97 Å². The van der Waals surface area contributed by atoms with Crippen LogP contribution in [0.25, 0.3) is 0 Å². The molecule has 0 unspecified atom stereocenters. The fourth-order valence-electron chi connectivity index (χ4n) is 0.984.